The molecule has 31 heavy (non-hydrogen) atoms. The number of alkyl halides is 1. The number of esters is 1. The van der Waals surface area contributed by atoms with Crippen LogP contribution in [0.5, 0.6) is 5.75 Å². The van der Waals surface area contributed by atoms with Crippen molar-refractivity contribution in [3.05, 3.63) is 35.5 Å². The molecule has 1 aromatic heterocycles. The van der Waals surface area contributed by atoms with E-state index >= 15 is 0 Å². The zero-order valence-electron chi connectivity index (χ0n) is 19.0. The molecule has 4 rings (SSSR count). The Bertz CT molecular complexity index is 942. The second-order valence-electron chi connectivity index (χ2n) is 9.68. The lowest BCUT2D eigenvalue weighted by Gasteiger charge is -2.37. The first kappa shape index (κ1) is 22.0. The molecule has 2 heterocycles. The molecule has 0 radical (unpaired) electrons. The summed E-state index contributed by atoms with van der Waals surface area (Å²) in [5, 5.41) is 1.09. The van der Waals surface area contributed by atoms with E-state index in [9.17, 15) is 9.18 Å². The van der Waals surface area contributed by atoms with E-state index in [4.69, 9.17) is 14.5 Å². The average Bonchev–Trinajstić information content (AvgIpc) is 2.70. The van der Waals surface area contributed by atoms with Gasteiger partial charge in [-0.05, 0) is 82.2 Å². The van der Waals surface area contributed by atoms with E-state index in [-0.39, 0.29) is 23.9 Å². The van der Waals surface area contributed by atoms with Gasteiger partial charge in [-0.15, -0.1) is 0 Å². The van der Waals surface area contributed by atoms with Crippen LogP contribution in [-0.4, -0.2) is 47.8 Å². The second-order valence-corrected chi connectivity index (χ2v) is 9.68. The van der Waals surface area contributed by atoms with Crippen molar-refractivity contribution in [2.75, 3.05) is 20.2 Å². The van der Waals surface area contributed by atoms with Gasteiger partial charge in [-0.3, -0.25) is 14.7 Å². The Morgan fingerprint density at radius 2 is 1.90 bits per heavy atom. The van der Waals surface area contributed by atoms with E-state index in [2.05, 4.69) is 24.0 Å². The molecule has 1 saturated heterocycles. The number of methoxy groups -OCH3 is 1. The third-order valence-electron chi connectivity index (χ3n) is 6.87. The molecule has 2 fully saturated rings. The topological polar surface area (TPSA) is 51.7 Å². The highest BCUT2D eigenvalue weighted by Crippen LogP contribution is 2.36. The van der Waals surface area contributed by atoms with Crippen LogP contribution < -0.4 is 4.74 Å². The highest BCUT2D eigenvalue weighted by Gasteiger charge is 2.34. The van der Waals surface area contributed by atoms with Gasteiger partial charge >= 0.3 is 5.97 Å². The number of hydrogen-bond donors (Lipinski definition) is 0. The predicted molar refractivity (Wildman–Crippen MR) is 119 cm³/mol. The van der Waals surface area contributed by atoms with Crippen molar-refractivity contribution in [3.63, 3.8) is 0 Å². The highest BCUT2D eigenvalue weighted by atomic mass is 19.1. The number of halogens is 1. The largest absolute Gasteiger partial charge is 0.490 e. The van der Waals surface area contributed by atoms with Crippen molar-refractivity contribution < 1.29 is 18.7 Å². The predicted octanol–water partition coefficient (Wildman–Crippen LogP) is 4.83. The summed E-state index contributed by atoms with van der Waals surface area (Å²) >= 11 is 0. The van der Waals surface area contributed by atoms with Crippen molar-refractivity contribution in [3.8, 4) is 5.75 Å². The summed E-state index contributed by atoms with van der Waals surface area (Å²) in [4.78, 5) is 18.6. The number of hydrogen-bond acceptors (Lipinski definition) is 5. The van der Waals surface area contributed by atoms with E-state index in [0.29, 0.717) is 0 Å². The Morgan fingerprint density at radius 3 is 2.55 bits per heavy atom. The molecule has 2 aliphatic rings. The van der Waals surface area contributed by atoms with Gasteiger partial charge in [0.05, 0.1) is 30.3 Å². The molecule has 0 bridgehead atoms. The lowest BCUT2D eigenvalue weighted by molar-refractivity contribution is -0.151. The third-order valence-corrected chi connectivity index (χ3v) is 6.87. The van der Waals surface area contributed by atoms with Gasteiger partial charge in [-0.2, -0.15) is 0 Å². The Hall–Kier alpha value is -2.21. The number of pyridine rings is 1. The first-order valence-corrected chi connectivity index (χ1v) is 11.3. The van der Waals surface area contributed by atoms with Crippen molar-refractivity contribution in [2.45, 2.75) is 64.8 Å². The maximum atomic E-state index is 14.2. The summed E-state index contributed by atoms with van der Waals surface area (Å²) in [7, 11) is 1.44. The second kappa shape index (κ2) is 8.73. The minimum absolute atomic E-state index is 0.0164. The molecule has 6 heteroatoms. The van der Waals surface area contributed by atoms with Gasteiger partial charge in [0.1, 0.15) is 11.4 Å². The minimum Gasteiger partial charge on any atom is -0.490 e. The molecular formula is C25H33FN2O3. The lowest BCUT2D eigenvalue weighted by atomic mass is 9.79. The van der Waals surface area contributed by atoms with Crippen LogP contribution >= 0.6 is 0 Å². The minimum atomic E-state index is -1.11. The number of aryl methyl sites for hydroxylation is 1. The molecule has 1 saturated carbocycles. The Balaban J connectivity index is 1.38. The molecule has 5 nitrogen and oxygen atoms in total. The quantitative estimate of drug-likeness (QED) is 0.617. The standard InChI is InChI=1S/C25H33FN2O3/c1-16-11-19(15-28-13-17(14-28)24(29)30-4)27-23-10-9-21(12-22(16)23)31-20-7-5-18(6-8-20)25(2,3)26/h9-12,17-18,20H,5-8,13-15H2,1-4H3. The van der Waals surface area contributed by atoms with Crippen LogP contribution in [0.3, 0.4) is 0 Å². The monoisotopic (exact) mass is 428 g/mol. The van der Waals surface area contributed by atoms with Crippen molar-refractivity contribution >= 4 is 16.9 Å². The molecule has 0 spiro atoms. The molecule has 0 amide bonds. The maximum Gasteiger partial charge on any atom is 0.311 e. The van der Waals surface area contributed by atoms with Gasteiger partial charge in [-0.25, -0.2) is 4.39 Å². The number of likely N-dealkylation sites (tertiary alicyclic amines) is 1. The summed E-state index contributed by atoms with van der Waals surface area (Å²) < 4.78 is 25.2. The Labute approximate surface area is 183 Å². The van der Waals surface area contributed by atoms with Gasteiger partial charge in [0.15, 0.2) is 0 Å². The number of ether oxygens (including phenoxy) is 2. The van der Waals surface area contributed by atoms with Crippen LogP contribution in [0.4, 0.5) is 4.39 Å². The van der Waals surface area contributed by atoms with E-state index in [1.807, 2.05) is 12.1 Å². The van der Waals surface area contributed by atoms with Gasteiger partial charge in [0.2, 0.25) is 0 Å². The highest BCUT2D eigenvalue weighted by molar-refractivity contribution is 5.83. The van der Waals surface area contributed by atoms with Gasteiger partial charge in [0, 0.05) is 25.0 Å². The Morgan fingerprint density at radius 1 is 1.19 bits per heavy atom. The van der Waals surface area contributed by atoms with Crippen molar-refractivity contribution in [1.82, 2.24) is 9.88 Å². The Kier molecular flexibility index (Phi) is 6.20. The summed E-state index contributed by atoms with van der Waals surface area (Å²) in [5.74, 6) is 0.838. The van der Waals surface area contributed by atoms with E-state index in [0.717, 1.165) is 67.7 Å². The molecule has 2 aromatic rings. The van der Waals surface area contributed by atoms with Crippen molar-refractivity contribution in [1.29, 1.82) is 0 Å². The average molecular weight is 429 g/mol. The molecule has 1 aliphatic heterocycles. The number of aromatic nitrogens is 1. The summed E-state index contributed by atoms with van der Waals surface area (Å²) in [5.41, 5.74) is 2.02. The van der Waals surface area contributed by atoms with Gasteiger partial charge in [0.25, 0.3) is 0 Å². The van der Waals surface area contributed by atoms with Crippen LogP contribution in [0.25, 0.3) is 10.9 Å². The lowest BCUT2D eigenvalue weighted by Crippen LogP contribution is -2.50. The van der Waals surface area contributed by atoms with Crippen molar-refractivity contribution in [2.24, 2.45) is 11.8 Å². The molecule has 0 N–H and O–H groups in total. The molecule has 168 valence electrons. The number of nitrogens with zero attached hydrogens (tertiary/aromatic N) is 2. The number of rotatable bonds is 6. The normalized spacial score (nSPS) is 22.9. The fourth-order valence-corrected chi connectivity index (χ4v) is 4.90. The molecule has 0 unspecified atom stereocenters. The number of benzene rings is 1. The van der Waals surface area contributed by atoms with Crippen LogP contribution in [0.2, 0.25) is 0 Å². The summed E-state index contributed by atoms with van der Waals surface area (Å²) in [6.07, 6.45) is 3.69. The first-order chi connectivity index (χ1) is 14.7. The SMILES string of the molecule is COC(=O)C1CN(Cc2cc(C)c3cc(OC4CCC(C(C)(C)F)CC4)ccc3n2)C1. The van der Waals surface area contributed by atoms with Gasteiger partial charge in [-0.1, -0.05) is 0 Å². The maximum absolute atomic E-state index is 14.2. The molecule has 1 aliphatic carbocycles. The fourth-order valence-electron chi connectivity index (χ4n) is 4.90. The van der Waals surface area contributed by atoms with Crippen LogP contribution in [0, 0.1) is 18.8 Å². The zero-order valence-corrected chi connectivity index (χ0v) is 19.0. The fraction of sp³-hybridized carbons (Fsp3) is 0.600. The number of fused-ring (bicyclic) bond motifs is 1. The third kappa shape index (κ3) is 5.00. The first-order valence-electron chi connectivity index (χ1n) is 11.3. The summed E-state index contributed by atoms with van der Waals surface area (Å²) in [6, 6.07) is 8.20. The van der Waals surface area contributed by atoms with Crippen LogP contribution in [0.15, 0.2) is 24.3 Å². The van der Waals surface area contributed by atoms with Gasteiger partial charge < -0.3 is 9.47 Å². The zero-order chi connectivity index (χ0) is 22.2. The molecular weight excluding hydrogens is 395 g/mol. The smallest absolute Gasteiger partial charge is 0.311 e. The number of carbonyl (C=O) groups is 1. The summed E-state index contributed by atoms with van der Waals surface area (Å²) in [6.45, 7) is 7.65. The van der Waals surface area contributed by atoms with Crippen LogP contribution in [0.1, 0.15) is 50.8 Å². The van der Waals surface area contributed by atoms with Crippen LogP contribution in [-0.2, 0) is 16.1 Å². The van der Waals surface area contributed by atoms with E-state index < -0.39 is 5.67 Å². The molecule has 1 aromatic carbocycles. The number of carbonyl (C=O) groups excluding carboxylic acids is 1. The van der Waals surface area contributed by atoms with E-state index in [1.54, 1.807) is 13.8 Å². The van der Waals surface area contributed by atoms with E-state index in [1.165, 1.54) is 12.7 Å². The molecule has 0 atom stereocenters.